The van der Waals surface area contributed by atoms with Crippen LogP contribution < -0.4 is 10.5 Å². The van der Waals surface area contributed by atoms with Crippen LogP contribution in [-0.4, -0.2) is 22.1 Å². The van der Waals surface area contributed by atoms with Crippen LogP contribution in [0.3, 0.4) is 0 Å². The van der Waals surface area contributed by atoms with Crippen LogP contribution in [0.25, 0.3) is 10.9 Å². The van der Waals surface area contributed by atoms with Gasteiger partial charge in [-0.15, -0.1) is 0 Å². The van der Waals surface area contributed by atoms with Crippen LogP contribution in [0.15, 0.2) is 23.0 Å². The molecule has 0 radical (unpaired) electrons. The summed E-state index contributed by atoms with van der Waals surface area (Å²) in [4.78, 5) is 19.9. The molecule has 0 N–H and O–H groups in total. The largest absolute Gasteiger partial charge is 0.337 e. The molecule has 1 aromatic heterocycles. The third kappa shape index (κ3) is 2.74. The fraction of sp³-hybridized carbons (Fsp3) is 0.556. The number of halogens is 1. The molecule has 2 heterocycles. The third-order valence-corrected chi connectivity index (χ3v) is 5.47. The van der Waals surface area contributed by atoms with E-state index in [0.29, 0.717) is 16.5 Å². The van der Waals surface area contributed by atoms with E-state index in [1.807, 2.05) is 16.7 Å². The Bertz CT molecular complexity index is 778. The van der Waals surface area contributed by atoms with Gasteiger partial charge >= 0.3 is 0 Å². The molecule has 1 fully saturated rings. The van der Waals surface area contributed by atoms with Crippen molar-refractivity contribution in [3.63, 3.8) is 0 Å². The van der Waals surface area contributed by atoms with E-state index in [-0.39, 0.29) is 5.56 Å². The number of benzene rings is 1. The molecule has 0 spiro atoms. The lowest BCUT2D eigenvalue weighted by atomic mass is 9.96. The Morgan fingerprint density at radius 3 is 2.57 bits per heavy atom. The molecule has 5 heteroatoms. The van der Waals surface area contributed by atoms with E-state index < -0.39 is 0 Å². The molecular weight excluding hydrogens is 310 g/mol. The molecule has 0 atom stereocenters. The molecule has 1 aliphatic heterocycles. The summed E-state index contributed by atoms with van der Waals surface area (Å²) in [5.74, 6) is 0.857. The average molecular weight is 332 g/mol. The number of hydrogen-bond acceptors (Lipinski definition) is 3. The van der Waals surface area contributed by atoms with Gasteiger partial charge in [-0.3, -0.25) is 9.36 Å². The van der Waals surface area contributed by atoms with Crippen LogP contribution in [0.5, 0.6) is 0 Å². The molecule has 122 valence electrons. The summed E-state index contributed by atoms with van der Waals surface area (Å²) in [7, 11) is 0. The number of fused-ring (bicyclic) bond motifs is 2. The minimum absolute atomic E-state index is 0.0424. The van der Waals surface area contributed by atoms with Gasteiger partial charge in [0, 0.05) is 24.2 Å². The van der Waals surface area contributed by atoms with Crippen molar-refractivity contribution in [1.29, 1.82) is 0 Å². The Balaban J connectivity index is 1.74. The highest BCUT2D eigenvalue weighted by molar-refractivity contribution is 6.31. The smallest absolute Gasteiger partial charge is 0.262 e. The molecular formula is C18H22ClN3O. The Morgan fingerprint density at radius 2 is 1.78 bits per heavy atom. The summed E-state index contributed by atoms with van der Waals surface area (Å²) in [6, 6.07) is 5.93. The normalized spacial score (nSPS) is 19.6. The van der Waals surface area contributed by atoms with Gasteiger partial charge in [0.2, 0.25) is 5.95 Å². The number of aromatic nitrogens is 2. The van der Waals surface area contributed by atoms with Gasteiger partial charge in [0.25, 0.3) is 5.56 Å². The molecule has 0 saturated heterocycles. The molecule has 1 aromatic carbocycles. The second kappa shape index (κ2) is 6.16. The lowest BCUT2D eigenvalue weighted by Crippen LogP contribution is -2.35. The Morgan fingerprint density at radius 1 is 1.04 bits per heavy atom. The van der Waals surface area contributed by atoms with Crippen molar-refractivity contribution in [1.82, 2.24) is 9.55 Å². The van der Waals surface area contributed by atoms with E-state index in [1.165, 1.54) is 44.9 Å². The molecule has 0 unspecified atom stereocenters. The number of anilines is 1. The van der Waals surface area contributed by atoms with E-state index in [1.54, 1.807) is 6.07 Å². The van der Waals surface area contributed by atoms with Crippen LogP contribution in [0, 0.1) is 0 Å². The number of nitrogens with zero attached hydrogens (tertiary/aromatic N) is 3. The van der Waals surface area contributed by atoms with Crippen LogP contribution in [0.4, 0.5) is 5.95 Å². The van der Waals surface area contributed by atoms with Crippen molar-refractivity contribution in [2.24, 2.45) is 0 Å². The quantitative estimate of drug-likeness (QED) is 0.793. The highest BCUT2D eigenvalue weighted by Crippen LogP contribution is 2.29. The summed E-state index contributed by atoms with van der Waals surface area (Å²) in [6.45, 7) is 1.64. The molecule has 4 nitrogen and oxygen atoms in total. The highest BCUT2D eigenvalue weighted by atomic mass is 35.5. The predicted octanol–water partition coefficient (Wildman–Crippen LogP) is 3.98. The van der Waals surface area contributed by atoms with Gasteiger partial charge in [-0.1, -0.05) is 43.7 Å². The van der Waals surface area contributed by atoms with E-state index in [0.717, 1.165) is 24.6 Å². The van der Waals surface area contributed by atoms with Crippen LogP contribution in [0.1, 0.15) is 44.9 Å². The van der Waals surface area contributed by atoms with Gasteiger partial charge in [-0.2, -0.15) is 0 Å². The van der Waals surface area contributed by atoms with Gasteiger partial charge in [-0.05, 0) is 31.0 Å². The summed E-state index contributed by atoms with van der Waals surface area (Å²) in [5, 5.41) is 1.22. The maximum atomic E-state index is 12.8. The van der Waals surface area contributed by atoms with E-state index >= 15 is 0 Å². The first-order chi connectivity index (χ1) is 11.2. The monoisotopic (exact) mass is 331 g/mol. The Hall–Kier alpha value is -1.55. The fourth-order valence-electron chi connectivity index (χ4n) is 4.00. The molecule has 23 heavy (non-hydrogen) atoms. The minimum Gasteiger partial charge on any atom is -0.337 e. The van der Waals surface area contributed by atoms with Crippen molar-refractivity contribution in [2.75, 3.05) is 11.4 Å². The first-order valence-electron chi connectivity index (χ1n) is 8.71. The van der Waals surface area contributed by atoms with Gasteiger partial charge in [0.15, 0.2) is 0 Å². The summed E-state index contributed by atoms with van der Waals surface area (Å²) < 4.78 is 1.83. The molecule has 2 aliphatic rings. The van der Waals surface area contributed by atoms with Crippen molar-refractivity contribution < 1.29 is 0 Å². The second-order valence-electron chi connectivity index (χ2n) is 6.72. The summed E-state index contributed by atoms with van der Waals surface area (Å²) in [6.07, 6.45) is 9.04. The molecule has 1 saturated carbocycles. The SMILES string of the molecule is O=c1c2cc(Cl)ccc2nc2n1CCN2C1CCCCCCC1. The zero-order valence-corrected chi connectivity index (χ0v) is 14.1. The van der Waals surface area contributed by atoms with Crippen molar-refractivity contribution in [3.8, 4) is 0 Å². The van der Waals surface area contributed by atoms with Gasteiger partial charge in [0.1, 0.15) is 0 Å². The zero-order valence-electron chi connectivity index (χ0n) is 13.3. The fourth-order valence-corrected chi connectivity index (χ4v) is 4.17. The van der Waals surface area contributed by atoms with E-state index in [2.05, 4.69) is 4.90 Å². The maximum Gasteiger partial charge on any atom is 0.262 e. The average Bonchev–Trinajstić information content (AvgIpc) is 2.92. The third-order valence-electron chi connectivity index (χ3n) is 5.23. The molecule has 0 bridgehead atoms. The maximum absolute atomic E-state index is 12.8. The van der Waals surface area contributed by atoms with E-state index in [4.69, 9.17) is 16.6 Å². The minimum atomic E-state index is 0.0424. The van der Waals surface area contributed by atoms with Crippen LogP contribution in [0.2, 0.25) is 5.02 Å². The molecule has 2 aromatic rings. The second-order valence-corrected chi connectivity index (χ2v) is 7.16. The van der Waals surface area contributed by atoms with Gasteiger partial charge < -0.3 is 4.90 Å². The molecule has 4 rings (SSSR count). The van der Waals surface area contributed by atoms with Crippen molar-refractivity contribution >= 4 is 28.5 Å². The lowest BCUT2D eigenvalue weighted by Gasteiger charge is -2.30. The topological polar surface area (TPSA) is 38.1 Å². The standard InChI is InChI=1S/C18H22ClN3O/c19-13-8-9-16-15(12-13)17(23)22-11-10-21(18(22)20-16)14-6-4-2-1-3-5-7-14/h8-9,12,14H,1-7,10-11H2. The molecule has 0 amide bonds. The predicted molar refractivity (Wildman–Crippen MR) is 94.5 cm³/mol. The van der Waals surface area contributed by atoms with Crippen molar-refractivity contribution in [3.05, 3.63) is 33.6 Å². The summed E-state index contributed by atoms with van der Waals surface area (Å²) in [5.41, 5.74) is 0.796. The van der Waals surface area contributed by atoms with Crippen LogP contribution >= 0.6 is 11.6 Å². The Kier molecular flexibility index (Phi) is 4.02. The first kappa shape index (κ1) is 15.0. The Labute approximate surface area is 141 Å². The first-order valence-corrected chi connectivity index (χ1v) is 9.08. The molecule has 1 aliphatic carbocycles. The van der Waals surface area contributed by atoms with Crippen LogP contribution in [-0.2, 0) is 6.54 Å². The highest BCUT2D eigenvalue weighted by Gasteiger charge is 2.29. The van der Waals surface area contributed by atoms with Gasteiger partial charge in [-0.25, -0.2) is 4.98 Å². The zero-order chi connectivity index (χ0) is 15.8. The number of rotatable bonds is 1. The number of hydrogen-bond donors (Lipinski definition) is 0. The lowest BCUT2D eigenvalue weighted by molar-refractivity contribution is 0.433. The van der Waals surface area contributed by atoms with E-state index in [9.17, 15) is 4.79 Å². The van der Waals surface area contributed by atoms with Crippen molar-refractivity contribution in [2.45, 2.75) is 57.5 Å². The van der Waals surface area contributed by atoms with Gasteiger partial charge in [0.05, 0.1) is 10.9 Å². The summed E-state index contributed by atoms with van der Waals surface area (Å²) >= 11 is 6.04.